The monoisotopic (exact) mass is 250 g/mol. The summed E-state index contributed by atoms with van der Waals surface area (Å²) in [5.41, 5.74) is 0.341. The molecule has 1 aromatic rings. The van der Waals surface area contributed by atoms with E-state index in [1.54, 1.807) is 0 Å². The average Bonchev–Trinajstić information content (AvgIpc) is 3.13. The fourth-order valence-electron chi connectivity index (χ4n) is 1.56. The van der Waals surface area contributed by atoms with Crippen molar-refractivity contribution in [2.45, 2.75) is 18.9 Å². The van der Waals surface area contributed by atoms with Crippen LogP contribution >= 0.6 is 11.6 Å². The van der Waals surface area contributed by atoms with Crippen molar-refractivity contribution in [2.24, 2.45) is 5.92 Å². The number of nitriles is 1. The molecule has 0 aromatic heterocycles. The molecule has 1 saturated carbocycles. The van der Waals surface area contributed by atoms with Gasteiger partial charge in [0.05, 0.1) is 11.1 Å². The van der Waals surface area contributed by atoms with Gasteiger partial charge in [0.15, 0.2) is 0 Å². The van der Waals surface area contributed by atoms with Crippen molar-refractivity contribution in [3.63, 3.8) is 0 Å². The Bertz CT molecular complexity index is 492. The maximum atomic E-state index is 11.8. The molecule has 0 radical (unpaired) electrons. The maximum Gasteiger partial charge on any atom is 0.252 e. The van der Waals surface area contributed by atoms with Crippen LogP contribution in [0.4, 0.5) is 0 Å². The highest BCUT2D eigenvalue weighted by atomic mass is 35.5. The molecule has 2 N–H and O–H groups in total. The lowest BCUT2D eigenvalue weighted by atomic mass is 10.1. The molecular formula is C12H11ClN2O2. The minimum atomic E-state index is -0.435. The van der Waals surface area contributed by atoms with Crippen LogP contribution in [-0.4, -0.2) is 17.1 Å². The van der Waals surface area contributed by atoms with Crippen molar-refractivity contribution < 1.29 is 9.90 Å². The molecule has 0 spiro atoms. The number of halogens is 1. The Labute approximate surface area is 104 Å². The van der Waals surface area contributed by atoms with Crippen LogP contribution in [0.5, 0.6) is 5.75 Å². The molecule has 1 amide bonds. The first-order valence-corrected chi connectivity index (χ1v) is 5.68. The Morgan fingerprint density at radius 3 is 2.82 bits per heavy atom. The highest BCUT2D eigenvalue weighted by molar-refractivity contribution is 6.32. The number of carbonyl (C=O) groups excluding carboxylic acids is 1. The first-order chi connectivity index (χ1) is 8.11. The van der Waals surface area contributed by atoms with Crippen LogP contribution in [0.2, 0.25) is 5.02 Å². The third-order valence-electron chi connectivity index (χ3n) is 2.73. The van der Waals surface area contributed by atoms with Gasteiger partial charge in [-0.25, -0.2) is 0 Å². The lowest BCUT2D eigenvalue weighted by molar-refractivity contribution is 0.0942. The van der Waals surface area contributed by atoms with Gasteiger partial charge >= 0.3 is 0 Å². The summed E-state index contributed by atoms with van der Waals surface area (Å²) in [5, 5.41) is 20.9. The van der Waals surface area contributed by atoms with E-state index < -0.39 is 6.04 Å². The number of benzene rings is 1. The molecule has 1 fully saturated rings. The average molecular weight is 251 g/mol. The number of phenolic OH excluding ortho intramolecular Hbond substituents is 1. The lowest BCUT2D eigenvalue weighted by Crippen LogP contribution is -2.35. The minimum Gasteiger partial charge on any atom is -0.506 e. The van der Waals surface area contributed by atoms with E-state index in [0.29, 0.717) is 5.56 Å². The zero-order valence-electron chi connectivity index (χ0n) is 8.98. The van der Waals surface area contributed by atoms with Gasteiger partial charge in [-0.2, -0.15) is 5.26 Å². The Morgan fingerprint density at radius 2 is 2.29 bits per heavy atom. The number of amides is 1. The Morgan fingerprint density at radius 1 is 1.59 bits per heavy atom. The first-order valence-electron chi connectivity index (χ1n) is 5.31. The number of nitrogens with zero attached hydrogens (tertiary/aromatic N) is 1. The molecule has 1 atom stereocenters. The van der Waals surface area contributed by atoms with Crippen LogP contribution in [0.3, 0.4) is 0 Å². The fourth-order valence-corrected chi connectivity index (χ4v) is 1.74. The molecule has 17 heavy (non-hydrogen) atoms. The highest BCUT2D eigenvalue weighted by Gasteiger charge is 2.32. The molecule has 0 bridgehead atoms. The minimum absolute atomic E-state index is 0.0674. The summed E-state index contributed by atoms with van der Waals surface area (Å²) < 4.78 is 0. The van der Waals surface area contributed by atoms with E-state index in [1.165, 1.54) is 18.2 Å². The van der Waals surface area contributed by atoms with E-state index in [0.717, 1.165) is 12.8 Å². The first kappa shape index (κ1) is 11.7. The smallest absolute Gasteiger partial charge is 0.252 e. The summed E-state index contributed by atoms with van der Waals surface area (Å²) in [6.07, 6.45) is 1.96. The summed E-state index contributed by atoms with van der Waals surface area (Å²) >= 11 is 5.71. The third kappa shape index (κ3) is 2.69. The summed E-state index contributed by atoms with van der Waals surface area (Å²) in [7, 11) is 0. The molecule has 0 aliphatic heterocycles. The molecule has 1 aliphatic rings. The van der Waals surface area contributed by atoms with Crippen LogP contribution in [0.25, 0.3) is 0 Å². The predicted octanol–water partition coefficient (Wildman–Crippen LogP) is 2.08. The van der Waals surface area contributed by atoms with Crippen molar-refractivity contribution in [3.8, 4) is 11.8 Å². The van der Waals surface area contributed by atoms with Crippen LogP contribution in [0.1, 0.15) is 23.2 Å². The largest absolute Gasteiger partial charge is 0.506 e. The highest BCUT2D eigenvalue weighted by Crippen LogP contribution is 2.32. The standard InChI is InChI=1S/C12H11ClN2O2/c13-9-5-8(3-4-11(9)16)12(17)15-10(6-14)7-1-2-7/h3-5,7,10,16H,1-2H2,(H,15,17). The Kier molecular flexibility index (Phi) is 3.21. The molecule has 1 aliphatic carbocycles. The topological polar surface area (TPSA) is 73.1 Å². The molecule has 2 rings (SSSR count). The summed E-state index contributed by atoms with van der Waals surface area (Å²) in [4.78, 5) is 11.8. The van der Waals surface area contributed by atoms with Crippen molar-refractivity contribution >= 4 is 17.5 Å². The van der Waals surface area contributed by atoms with Gasteiger partial charge in [0.2, 0.25) is 0 Å². The zero-order chi connectivity index (χ0) is 12.4. The van der Waals surface area contributed by atoms with Crippen molar-refractivity contribution in [3.05, 3.63) is 28.8 Å². The van der Waals surface area contributed by atoms with Gasteiger partial charge in [0.25, 0.3) is 5.91 Å². The third-order valence-corrected chi connectivity index (χ3v) is 3.03. The van der Waals surface area contributed by atoms with E-state index in [9.17, 15) is 9.90 Å². The zero-order valence-corrected chi connectivity index (χ0v) is 9.74. The van der Waals surface area contributed by atoms with Gasteiger partial charge in [-0.15, -0.1) is 0 Å². The molecule has 1 unspecified atom stereocenters. The number of nitrogens with one attached hydrogen (secondary N) is 1. The van der Waals surface area contributed by atoms with Crippen molar-refractivity contribution in [1.29, 1.82) is 5.26 Å². The number of carbonyl (C=O) groups is 1. The van der Waals surface area contributed by atoms with Gasteiger partial charge in [-0.1, -0.05) is 11.6 Å². The Hall–Kier alpha value is -1.73. The molecule has 5 heteroatoms. The van der Waals surface area contributed by atoms with E-state index in [-0.39, 0.29) is 22.6 Å². The SMILES string of the molecule is N#CC(NC(=O)c1ccc(O)c(Cl)c1)C1CC1. The second kappa shape index (κ2) is 4.64. The van der Waals surface area contributed by atoms with Gasteiger partial charge in [0, 0.05) is 5.56 Å². The summed E-state index contributed by atoms with van der Waals surface area (Å²) in [6, 6.07) is 5.85. The number of rotatable bonds is 3. The number of phenols is 1. The maximum absolute atomic E-state index is 11.8. The van der Waals surface area contributed by atoms with Gasteiger partial charge in [0.1, 0.15) is 11.8 Å². The van der Waals surface area contributed by atoms with Crippen LogP contribution in [-0.2, 0) is 0 Å². The van der Waals surface area contributed by atoms with Crippen molar-refractivity contribution in [2.75, 3.05) is 0 Å². The Balaban J connectivity index is 2.08. The molecular weight excluding hydrogens is 240 g/mol. The second-order valence-electron chi connectivity index (χ2n) is 4.08. The molecule has 4 nitrogen and oxygen atoms in total. The molecule has 0 saturated heterocycles. The van der Waals surface area contributed by atoms with Gasteiger partial charge in [-0.05, 0) is 37.0 Å². The van der Waals surface area contributed by atoms with Gasteiger partial charge in [-0.3, -0.25) is 4.79 Å². The summed E-state index contributed by atoms with van der Waals surface area (Å²) in [6.45, 7) is 0. The molecule has 1 aromatic carbocycles. The number of hydrogen-bond donors (Lipinski definition) is 2. The van der Waals surface area contributed by atoms with E-state index in [4.69, 9.17) is 16.9 Å². The van der Waals surface area contributed by atoms with Crippen molar-refractivity contribution in [1.82, 2.24) is 5.32 Å². The lowest BCUT2D eigenvalue weighted by Gasteiger charge is -2.10. The normalized spacial score (nSPS) is 16.0. The quantitative estimate of drug-likeness (QED) is 0.863. The number of hydrogen-bond acceptors (Lipinski definition) is 3. The fraction of sp³-hybridized carbons (Fsp3) is 0.333. The second-order valence-corrected chi connectivity index (χ2v) is 4.49. The van der Waals surface area contributed by atoms with Crippen LogP contribution < -0.4 is 5.32 Å². The van der Waals surface area contributed by atoms with E-state index in [1.807, 2.05) is 0 Å². The molecule has 88 valence electrons. The number of aromatic hydroxyl groups is 1. The van der Waals surface area contributed by atoms with Crippen LogP contribution in [0.15, 0.2) is 18.2 Å². The van der Waals surface area contributed by atoms with Crippen LogP contribution in [0, 0.1) is 17.2 Å². The van der Waals surface area contributed by atoms with E-state index >= 15 is 0 Å². The van der Waals surface area contributed by atoms with Gasteiger partial charge < -0.3 is 10.4 Å². The molecule has 0 heterocycles. The van der Waals surface area contributed by atoms with E-state index in [2.05, 4.69) is 11.4 Å². The predicted molar refractivity (Wildman–Crippen MR) is 62.7 cm³/mol. The summed E-state index contributed by atoms with van der Waals surface area (Å²) in [5.74, 6) is -0.135.